The second-order valence-corrected chi connectivity index (χ2v) is 5.39. The maximum Gasteiger partial charge on any atom is 0.387 e. The summed E-state index contributed by atoms with van der Waals surface area (Å²) >= 11 is 0. The highest BCUT2D eigenvalue weighted by atomic mass is 19.3. The number of hydrogen-bond donors (Lipinski definition) is 1. The van der Waals surface area contributed by atoms with E-state index in [1.807, 2.05) is 0 Å². The molecule has 25 heavy (non-hydrogen) atoms. The van der Waals surface area contributed by atoms with Crippen molar-refractivity contribution in [2.45, 2.75) is 6.61 Å². The molecule has 0 saturated carbocycles. The minimum absolute atomic E-state index is 0.0409. The van der Waals surface area contributed by atoms with Crippen molar-refractivity contribution in [1.82, 2.24) is 14.9 Å². The predicted molar refractivity (Wildman–Crippen MR) is 83.1 cm³/mol. The van der Waals surface area contributed by atoms with Gasteiger partial charge in [0.15, 0.2) is 0 Å². The molecule has 3 rings (SSSR count). The standard InChI is InChI=1S/C16H14F2N4O3/c17-16(18)25-12-3-1-2-11(6-12)21-14(23)10-8-22(9-10)15(24)13-7-19-4-5-20-13/h1-7,10,16H,8-9H2,(H,21,23). The number of amides is 2. The van der Waals surface area contributed by atoms with E-state index >= 15 is 0 Å². The molecule has 130 valence electrons. The Morgan fingerprint density at radius 2 is 2.08 bits per heavy atom. The Balaban J connectivity index is 1.53. The van der Waals surface area contributed by atoms with Gasteiger partial charge in [0, 0.05) is 37.2 Å². The third kappa shape index (κ3) is 4.06. The Bertz CT molecular complexity index is 767. The average Bonchev–Trinajstić information content (AvgIpc) is 2.54. The molecule has 1 N–H and O–H groups in total. The lowest BCUT2D eigenvalue weighted by molar-refractivity contribution is -0.123. The number of nitrogens with zero attached hydrogens (tertiary/aromatic N) is 3. The molecule has 0 bridgehead atoms. The van der Waals surface area contributed by atoms with Crippen LogP contribution < -0.4 is 10.1 Å². The van der Waals surface area contributed by atoms with Crippen molar-refractivity contribution in [3.63, 3.8) is 0 Å². The fourth-order valence-electron chi connectivity index (χ4n) is 2.38. The molecule has 1 aliphatic heterocycles. The van der Waals surface area contributed by atoms with E-state index in [9.17, 15) is 18.4 Å². The van der Waals surface area contributed by atoms with Crippen LogP contribution in [0.2, 0.25) is 0 Å². The number of rotatable bonds is 5. The highest BCUT2D eigenvalue weighted by molar-refractivity contribution is 5.97. The number of hydrogen-bond acceptors (Lipinski definition) is 5. The Hall–Kier alpha value is -3.10. The van der Waals surface area contributed by atoms with Gasteiger partial charge in [0.05, 0.1) is 12.1 Å². The molecule has 1 aromatic carbocycles. The number of likely N-dealkylation sites (tertiary alicyclic amines) is 1. The van der Waals surface area contributed by atoms with Gasteiger partial charge >= 0.3 is 6.61 Å². The zero-order valence-corrected chi connectivity index (χ0v) is 12.9. The lowest BCUT2D eigenvalue weighted by Gasteiger charge is -2.37. The maximum atomic E-state index is 12.2. The molecule has 1 aliphatic rings. The van der Waals surface area contributed by atoms with Crippen molar-refractivity contribution in [1.29, 1.82) is 0 Å². The van der Waals surface area contributed by atoms with Crippen LogP contribution in [0, 0.1) is 5.92 Å². The first-order valence-electron chi connectivity index (χ1n) is 7.44. The summed E-state index contributed by atoms with van der Waals surface area (Å²) in [4.78, 5) is 33.5. The molecule has 7 nitrogen and oxygen atoms in total. The lowest BCUT2D eigenvalue weighted by atomic mass is 9.98. The monoisotopic (exact) mass is 348 g/mol. The fourth-order valence-corrected chi connectivity index (χ4v) is 2.38. The predicted octanol–water partition coefficient (Wildman–Crippen LogP) is 1.79. The van der Waals surface area contributed by atoms with Gasteiger partial charge in [-0.05, 0) is 12.1 Å². The zero-order valence-electron chi connectivity index (χ0n) is 12.9. The number of carbonyl (C=O) groups excluding carboxylic acids is 2. The van der Waals surface area contributed by atoms with E-state index in [0.717, 1.165) is 0 Å². The highest BCUT2D eigenvalue weighted by Gasteiger charge is 2.36. The van der Waals surface area contributed by atoms with Crippen LogP contribution in [0.5, 0.6) is 5.75 Å². The Morgan fingerprint density at radius 1 is 1.28 bits per heavy atom. The van der Waals surface area contributed by atoms with Crippen LogP contribution in [0.3, 0.4) is 0 Å². The van der Waals surface area contributed by atoms with Gasteiger partial charge in [0.25, 0.3) is 5.91 Å². The number of aromatic nitrogens is 2. The van der Waals surface area contributed by atoms with E-state index in [2.05, 4.69) is 20.0 Å². The molecule has 0 unspecified atom stereocenters. The molecule has 1 saturated heterocycles. The van der Waals surface area contributed by atoms with Gasteiger partial charge < -0.3 is 15.0 Å². The van der Waals surface area contributed by atoms with Gasteiger partial charge in [-0.2, -0.15) is 8.78 Å². The molecule has 1 fully saturated rings. The molecule has 1 aromatic heterocycles. The molecule has 0 spiro atoms. The summed E-state index contributed by atoms with van der Waals surface area (Å²) in [6.45, 7) is -2.42. The topological polar surface area (TPSA) is 84.4 Å². The summed E-state index contributed by atoms with van der Waals surface area (Å²) in [6.07, 6.45) is 4.25. The number of carbonyl (C=O) groups is 2. The summed E-state index contributed by atoms with van der Waals surface area (Å²) in [5.41, 5.74) is 0.569. The van der Waals surface area contributed by atoms with Crippen LogP contribution >= 0.6 is 0 Å². The van der Waals surface area contributed by atoms with Crippen molar-refractivity contribution in [2.75, 3.05) is 18.4 Å². The number of halogens is 2. The van der Waals surface area contributed by atoms with E-state index < -0.39 is 6.61 Å². The van der Waals surface area contributed by atoms with Gasteiger partial charge in [-0.25, -0.2) is 4.98 Å². The first kappa shape index (κ1) is 16.7. The molecule has 2 heterocycles. The number of ether oxygens (including phenoxy) is 1. The van der Waals surface area contributed by atoms with E-state index in [1.54, 1.807) is 6.07 Å². The smallest absolute Gasteiger partial charge is 0.387 e. The molecule has 9 heteroatoms. The van der Waals surface area contributed by atoms with Crippen LogP contribution in [0.25, 0.3) is 0 Å². The largest absolute Gasteiger partial charge is 0.435 e. The van der Waals surface area contributed by atoms with E-state index in [1.165, 1.54) is 41.7 Å². The van der Waals surface area contributed by atoms with Crippen LogP contribution in [0.1, 0.15) is 10.5 Å². The lowest BCUT2D eigenvalue weighted by Crippen LogP contribution is -2.54. The van der Waals surface area contributed by atoms with Crippen molar-refractivity contribution in [3.8, 4) is 5.75 Å². The third-order valence-electron chi connectivity index (χ3n) is 3.65. The maximum absolute atomic E-state index is 12.2. The summed E-state index contributed by atoms with van der Waals surface area (Å²) in [5.74, 6) is -0.997. The number of benzene rings is 1. The average molecular weight is 348 g/mol. The van der Waals surface area contributed by atoms with Crippen LogP contribution in [-0.4, -0.2) is 46.4 Å². The summed E-state index contributed by atoms with van der Waals surface area (Å²) < 4.78 is 28.7. The second kappa shape index (κ2) is 7.20. The van der Waals surface area contributed by atoms with Crippen molar-refractivity contribution in [2.24, 2.45) is 5.92 Å². The van der Waals surface area contributed by atoms with Crippen LogP contribution in [0.15, 0.2) is 42.9 Å². The second-order valence-electron chi connectivity index (χ2n) is 5.39. The minimum Gasteiger partial charge on any atom is -0.435 e. The fraction of sp³-hybridized carbons (Fsp3) is 0.250. The molecular formula is C16H14F2N4O3. The van der Waals surface area contributed by atoms with Crippen molar-refractivity contribution >= 4 is 17.5 Å². The SMILES string of the molecule is O=C(Nc1cccc(OC(F)F)c1)C1CN(C(=O)c2cnccn2)C1. The van der Waals surface area contributed by atoms with E-state index in [0.29, 0.717) is 5.69 Å². The minimum atomic E-state index is -2.93. The van der Waals surface area contributed by atoms with Gasteiger partial charge in [-0.15, -0.1) is 0 Å². The normalized spacial score (nSPS) is 14.1. The van der Waals surface area contributed by atoms with Crippen molar-refractivity contribution < 1.29 is 23.1 Å². The molecule has 0 aliphatic carbocycles. The Kier molecular flexibility index (Phi) is 4.82. The Labute approximate surface area is 141 Å². The number of alkyl halides is 2. The molecular weight excluding hydrogens is 334 g/mol. The van der Waals surface area contributed by atoms with Gasteiger partial charge in [0.2, 0.25) is 5.91 Å². The molecule has 2 aromatic rings. The van der Waals surface area contributed by atoms with Crippen molar-refractivity contribution in [3.05, 3.63) is 48.5 Å². The summed E-state index contributed by atoms with van der Waals surface area (Å²) in [5, 5.41) is 2.63. The van der Waals surface area contributed by atoms with Gasteiger partial charge in [-0.1, -0.05) is 6.07 Å². The molecule has 2 amide bonds. The number of anilines is 1. The van der Waals surface area contributed by atoms with E-state index in [4.69, 9.17) is 0 Å². The third-order valence-corrected chi connectivity index (χ3v) is 3.65. The number of nitrogens with one attached hydrogen (secondary N) is 1. The summed E-state index contributed by atoms with van der Waals surface area (Å²) in [6, 6.07) is 5.74. The van der Waals surface area contributed by atoms with E-state index in [-0.39, 0.29) is 42.3 Å². The zero-order chi connectivity index (χ0) is 17.8. The summed E-state index contributed by atoms with van der Waals surface area (Å²) in [7, 11) is 0. The Morgan fingerprint density at radius 3 is 2.76 bits per heavy atom. The van der Waals surface area contributed by atoms with Crippen LogP contribution in [-0.2, 0) is 4.79 Å². The quantitative estimate of drug-likeness (QED) is 0.890. The molecule has 0 atom stereocenters. The first-order valence-corrected chi connectivity index (χ1v) is 7.44. The highest BCUT2D eigenvalue weighted by Crippen LogP contribution is 2.22. The van der Waals surface area contributed by atoms with Crippen LogP contribution in [0.4, 0.5) is 14.5 Å². The van der Waals surface area contributed by atoms with Gasteiger partial charge in [0.1, 0.15) is 11.4 Å². The molecule has 0 radical (unpaired) electrons. The first-order chi connectivity index (χ1) is 12.0. The van der Waals surface area contributed by atoms with Gasteiger partial charge in [-0.3, -0.25) is 14.6 Å².